The molecule has 7 nitrogen and oxygen atoms in total. The number of phenolic OH excluding ortho intramolecular Hbond substituents is 1. The van der Waals surface area contributed by atoms with Crippen LogP contribution < -0.4 is 10.6 Å². The van der Waals surface area contributed by atoms with Crippen molar-refractivity contribution in [3.63, 3.8) is 0 Å². The number of carbonyl (C=O) groups is 2. The van der Waals surface area contributed by atoms with E-state index in [1.165, 1.54) is 24.7 Å². The molecular formula is C13H12N2O5. The van der Waals surface area contributed by atoms with Gasteiger partial charge in [0, 0.05) is 12.1 Å². The molecule has 4 N–H and O–H groups in total. The molecule has 0 fully saturated rings. The summed E-state index contributed by atoms with van der Waals surface area (Å²) in [6, 6.07) is 4.85. The fourth-order valence-corrected chi connectivity index (χ4v) is 1.51. The van der Waals surface area contributed by atoms with Crippen molar-refractivity contribution in [1.29, 1.82) is 0 Å². The van der Waals surface area contributed by atoms with Crippen LogP contribution in [0.15, 0.2) is 41.2 Å². The molecule has 0 saturated heterocycles. The first kappa shape index (κ1) is 13.5. The minimum absolute atomic E-state index is 0.0631. The lowest BCUT2D eigenvalue weighted by Gasteiger charge is -2.08. The molecule has 1 heterocycles. The molecular weight excluding hydrogens is 264 g/mol. The van der Waals surface area contributed by atoms with Crippen LogP contribution in [0, 0.1) is 0 Å². The Kier molecular flexibility index (Phi) is 3.90. The van der Waals surface area contributed by atoms with Crippen LogP contribution in [0.2, 0.25) is 0 Å². The minimum Gasteiger partial charge on any atom is -0.506 e. The molecule has 0 aliphatic carbocycles. The quantitative estimate of drug-likeness (QED) is 0.638. The molecule has 1 aromatic heterocycles. The van der Waals surface area contributed by atoms with Gasteiger partial charge in [-0.05, 0) is 24.3 Å². The second-order valence-corrected chi connectivity index (χ2v) is 3.98. The molecule has 104 valence electrons. The number of aromatic hydroxyl groups is 1. The van der Waals surface area contributed by atoms with Gasteiger partial charge in [-0.1, -0.05) is 0 Å². The summed E-state index contributed by atoms with van der Waals surface area (Å²) in [6.45, 7) is 0.274. The number of carbonyl (C=O) groups excluding carboxylic acids is 1. The first-order valence-electron chi connectivity index (χ1n) is 5.68. The van der Waals surface area contributed by atoms with Crippen LogP contribution in [-0.2, 0) is 6.54 Å². The molecule has 2 amide bonds. The van der Waals surface area contributed by atoms with Crippen LogP contribution in [0.3, 0.4) is 0 Å². The van der Waals surface area contributed by atoms with Crippen molar-refractivity contribution in [3.8, 4) is 5.75 Å². The molecule has 0 spiro atoms. The van der Waals surface area contributed by atoms with Gasteiger partial charge in [0.1, 0.15) is 5.75 Å². The number of amides is 2. The standard InChI is InChI=1S/C13H12N2O5/c16-11-5-9(12(17)18)1-2-10(11)15-13(19)14-6-8-3-4-20-7-8/h1-5,7,16H,6H2,(H,17,18)(H2,14,15,19). The van der Waals surface area contributed by atoms with Crippen LogP contribution in [0.25, 0.3) is 0 Å². The van der Waals surface area contributed by atoms with E-state index in [9.17, 15) is 14.7 Å². The zero-order valence-corrected chi connectivity index (χ0v) is 10.3. The van der Waals surface area contributed by atoms with Gasteiger partial charge in [-0.3, -0.25) is 0 Å². The number of urea groups is 1. The number of carboxylic acid groups (broad SMARTS) is 1. The number of hydrogen-bond acceptors (Lipinski definition) is 4. The Bertz CT molecular complexity index is 622. The van der Waals surface area contributed by atoms with Gasteiger partial charge >= 0.3 is 12.0 Å². The van der Waals surface area contributed by atoms with Crippen LogP contribution in [0.1, 0.15) is 15.9 Å². The molecule has 0 aliphatic rings. The predicted octanol–water partition coefficient (Wildman–Crippen LogP) is 2.01. The van der Waals surface area contributed by atoms with E-state index < -0.39 is 12.0 Å². The lowest BCUT2D eigenvalue weighted by Crippen LogP contribution is -2.28. The van der Waals surface area contributed by atoms with Crippen molar-refractivity contribution in [2.75, 3.05) is 5.32 Å². The van der Waals surface area contributed by atoms with E-state index in [4.69, 9.17) is 9.52 Å². The Morgan fingerprint density at radius 2 is 2.05 bits per heavy atom. The summed E-state index contributed by atoms with van der Waals surface area (Å²) >= 11 is 0. The van der Waals surface area contributed by atoms with Gasteiger partial charge in [0.15, 0.2) is 0 Å². The number of aromatic carboxylic acids is 1. The van der Waals surface area contributed by atoms with E-state index in [0.717, 1.165) is 11.6 Å². The first-order valence-corrected chi connectivity index (χ1v) is 5.68. The number of carboxylic acids is 1. The first-order chi connectivity index (χ1) is 9.56. The summed E-state index contributed by atoms with van der Waals surface area (Å²) in [5.74, 6) is -1.47. The Labute approximate surface area is 113 Å². The van der Waals surface area contributed by atoms with Gasteiger partial charge < -0.3 is 25.3 Å². The number of hydrogen-bond donors (Lipinski definition) is 4. The van der Waals surface area contributed by atoms with E-state index in [1.807, 2.05) is 0 Å². The molecule has 1 aromatic carbocycles. The molecule has 20 heavy (non-hydrogen) atoms. The zero-order valence-electron chi connectivity index (χ0n) is 10.3. The predicted molar refractivity (Wildman–Crippen MR) is 69.6 cm³/mol. The monoisotopic (exact) mass is 276 g/mol. The highest BCUT2D eigenvalue weighted by molar-refractivity contribution is 5.93. The van der Waals surface area contributed by atoms with Gasteiger partial charge in [-0.2, -0.15) is 0 Å². The van der Waals surface area contributed by atoms with Gasteiger partial charge in [-0.25, -0.2) is 9.59 Å². The maximum Gasteiger partial charge on any atom is 0.335 e. The maximum atomic E-state index is 11.6. The van der Waals surface area contributed by atoms with E-state index >= 15 is 0 Å². The topological polar surface area (TPSA) is 112 Å². The second kappa shape index (κ2) is 5.79. The Morgan fingerprint density at radius 1 is 1.25 bits per heavy atom. The summed E-state index contributed by atoms with van der Waals surface area (Å²) in [6.07, 6.45) is 2.99. The van der Waals surface area contributed by atoms with E-state index in [0.29, 0.717) is 0 Å². The van der Waals surface area contributed by atoms with Crippen LogP contribution >= 0.6 is 0 Å². The van der Waals surface area contributed by atoms with Crippen LogP contribution in [0.5, 0.6) is 5.75 Å². The summed E-state index contributed by atoms with van der Waals surface area (Å²) in [7, 11) is 0. The highest BCUT2D eigenvalue weighted by Crippen LogP contribution is 2.24. The molecule has 0 bridgehead atoms. The fraction of sp³-hybridized carbons (Fsp3) is 0.0769. The van der Waals surface area contributed by atoms with Crippen molar-refractivity contribution in [3.05, 3.63) is 47.9 Å². The number of anilines is 1. The van der Waals surface area contributed by atoms with Crippen LogP contribution in [-0.4, -0.2) is 22.2 Å². The zero-order chi connectivity index (χ0) is 14.5. The number of benzene rings is 1. The van der Waals surface area contributed by atoms with E-state index in [2.05, 4.69) is 10.6 Å². The third-order valence-corrected chi connectivity index (χ3v) is 2.53. The second-order valence-electron chi connectivity index (χ2n) is 3.98. The molecule has 0 radical (unpaired) electrons. The molecule has 2 rings (SSSR count). The summed E-state index contributed by atoms with van der Waals surface area (Å²) < 4.78 is 4.85. The van der Waals surface area contributed by atoms with Crippen molar-refractivity contribution < 1.29 is 24.2 Å². The molecule has 0 atom stereocenters. The van der Waals surface area contributed by atoms with Crippen LogP contribution in [0.4, 0.5) is 10.5 Å². The van der Waals surface area contributed by atoms with Crippen molar-refractivity contribution in [2.24, 2.45) is 0 Å². The largest absolute Gasteiger partial charge is 0.506 e. The molecule has 7 heteroatoms. The number of nitrogens with one attached hydrogen (secondary N) is 2. The lowest BCUT2D eigenvalue weighted by molar-refractivity contribution is 0.0696. The lowest BCUT2D eigenvalue weighted by atomic mass is 10.2. The Balaban J connectivity index is 1.95. The molecule has 0 saturated carbocycles. The molecule has 2 aromatic rings. The highest BCUT2D eigenvalue weighted by atomic mass is 16.4. The SMILES string of the molecule is O=C(NCc1ccoc1)Nc1ccc(C(=O)O)cc1O. The summed E-state index contributed by atoms with van der Waals surface area (Å²) in [5, 5.41) is 23.3. The summed E-state index contributed by atoms with van der Waals surface area (Å²) in [5.41, 5.74) is 0.858. The normalized spacial score (nSPS) is 10.0. The Morgan fingerprint density at radius 3 is 2.65 bits per heavy atom. The third kappa shape index (κ3) is 3.29. The molecule has 0 aliphatic heterocycles. The maximum absolute atomic E-state index is 11.6. The smallest absolute Gasteiger partial charge is 0.335 e. The van der Waals surface area contributed by atoms with E-state index in [-0.39, 0.29) is 23.5 Å². The van der Waals surface area contributed by atoms with Crippen molar-refractivity contribution >= 4 is 17.7 Å². The minimum atomic E-state index is -1.16. The Hall–Kier alpha value is -2.96. The van der Waals surface area contributed by atoms with Gasteiger partial charge in [0.05, 0.1) is 23.8 Å². The van der Waals surface area contributed by atoms with Gasteiger partial charge in [0.25, 0.3) is 0 Å². The summed E-state index contributed by atoms with van der Waals surface area (Å²) in [4.78, 5) is 22.3. The van der Waals surface area contributed by atoms with Gasteiger partial charge in [0.2, 0.25) is 0 Å². The highest BCUT2D eigenvalue weighted by Gasteiger charge is 2.10. The third-order valence-electron chi connectivity index (χ3n) is 2.53. The van der Waals surface area contributed by atoms with Crippen molar-refractivity contribution in [2.45, 2.75) is 6.54 Å². The molecule has 0 unspecified atom stereocenters. The number of furan rings is 1. The fourth-order valence-electron chi connectivity index (χ4n) is 1.51. The number of rotatable bonds is 4. The average Bonchev–Trinajstić information content (AvgIpc) is 2.91. The van der Waals surface area contributed by atoms with Gasteiger partial charge in [-0.15, -0.1) is 0 Å². The average molecular weight is 276 g/mol. The number of phenols is 1. The van der Waals surface area contributed by atoms with Crippen molar-refractivity contribution in [1.82, 2.24) is 5.32 Å². The van der Waals surface area contributed by atoms with E-state index in [1.54, 1.807) is 6.07 Å².